The molecule has 0 amide bonds. The lowest BCUT2D eigenvalue weighted by molar-refractivity contribution is 0.282. The van der Waals surface area contributed by atoms with E-state index in [0.717, 1.165) is 15.6 Å². The summed E-state index contributed by atoms with van der Waals surface area (Å²) in [6.07, 6.45) is 0. The van der Waals surface area contributed by atoms with E-state index < -0.39 is 15.8 Å². The number of halogens is 1. The predicted molar refractivity (Wildman–Crippen MR) is 75.3 cm³/mol. The molecule has 1 aromatic carbocycles. The topological polar surface area (TPSA) is 57.6 Å². The number of thiophene rings is 1. The number of aliphatic hydroxyl groups is 1. The first-order chi connectivity index (χ1) is 9.43. The Morgan fingerprint density at radius 1 is 1.30 bits per heavy atom. The van der Waals surface area contributed by atoms with Crippen LogP contribution in [0.1, 0.15) is 11.1 Å². The molecule has 0 fully saturated rings. The number of hydrogen-bond donors (Lipinski definition) is 1. The van der Waals surface area contributed by atoms with E-state index >= 15 is 0 Å². The molecule has 0 aliphatic carbocycles. The van der Waals surface area contributed by atoms with Crippen molar-refractivity contribution in [1.82, 2.24) is 4.31 Å². The maximum Gasteiger partial charge on any atom is 0.252 e. The summed E-state index contributed by atoms with van der Waals surface area (Å²) in [5, 5.41) is 10.6. The Morgan fingerprint density at radius 3 is 2.65 bits per heavy atom. The third kappa shape index (κ3) is 3.24. The fourth-order valence-electron chi connectivity index (χ4n) is 1.70. The highest BCUT2D eigenvalue weighted by atomic mass is 32.2. The minimum absolute atomic E-state index is 0.0897. The van der Waals surface area contributed by atoms with Crippen molar-refractivity contribution < 1.29 is 17.9 Å². The minimum Gasteiger partial charge on any atom is -0.392 e. The lowest BCUT2D eigenvalue weighted by atomic mass is 10.2. The van der Waals surface area contributed by atoms with Crippen LogP contribution in [0.3, 0.4) is 0 Å². The molecule has 0 unspecified atom stereocenters. The first-order valence-corrected chi connectivity index (χ1v) is 8.14. The molecule has 2 rings (SSSR count). The normalized spacial score (nSPS) is 12.0. The van der Waals surface area contributed by atoms with E-state index in [1.165, 1.54) is 25.2 Å². The number of sulfonamides is 1. The first-order valence-electron chi connectivity index (χ1n) is 5.82. The van der Waals surface area contributed by atoms with Gasteiger partial charge in [0.2, 0.25) is 0 Å². The Balaban J connectivity index is 2.21. The number of rotatable bonds is 5. The molecule has 2 aromatic rings. The summed E-state index contributed by atoms with van der Waals surface area (Å²) < 4.78 is 39.0. The number of hydrogen-bond acceptors (Lipinski definition) is 4. The molecule has 0 aliphatic heterocycles. The molecule has 0 saturated carbocycles. The first kappa shape index (κ1) is 15.1. The zero-order chi connectivity index (χ0) is 14.8. The summed E-state index contributed by atoms with van der Waals surface area (Å²) in [6, 6.07) is 7.27. The van der Waals surface area contributed by atoms with E-state index in [2.05, 4.69) is 0 Å². The highest BCUT2D eigenvalue weighted by Gasteiger charge is 2.22. The Hall–Kier alpha value is -1.28. The molecule has 4 nitrogen and oxygen atoms in total. The summed E-state index contributed by atoms with van der Waals surface area (Å²) in [6.45, 7) is -0.105. The average Bonchev–Trinajstić information content (AvgIpc) is 2.88. The molecule has 1 heterocycles. The van der Waals surface area contributed by atoms with Crippen molar-refractivity contribution in [2.45, 2.75) is 17.4 Å². The van der Waals surface area contributed by atoms with Gasteiger partial charge in [0.05, 0.1) is 6.61 Å². The van der Waals surface area contributed by atoms with Crippen molar-refractivity contribution in [2.24, 2.45) is 0 Å². The fourth-order valence-corrected chi connectivity index (χ4v) is 4.27. The van der Waals surface area contributed by atoms with Gasteiger partial charge in [0.1, 0.15) is 10.0 Å². The lowest BCUT2D eigenvalue weighted by Crippen LogP contribution is -2.25. The molecule has 0 spiro atoms. The Bertz CT molecular complexity index is 697. The Morgan fingerprint density at radius 2 is 2.05 bits per heavy atom. The van der Waals surface area contributed by atoms with Gasteiger partial charge >= 0.3 is 0 Å². The molecule has 1 N–H and O–H groups in total. The highest BCUT2D eigenvalue weighted by molar-refractivity contribution is 7.91. The van der Waals surface area contributed by atoms with Crippen LogP contribution in [0.25, 0.3) is 0 Å². The summed E-state index contributed by atoms with van der Waals surface area (Å²) in [4.78, 5) is 0. The van der Waals surface area contributed by atoms with Gasteiger partial charge in [0.15, 0.2) is 0 Å². The predicted octanol–water partition coefficient (Wildman–Crippen LogP) is 2.20. The van der Waals surface area contributed by atoms with Crippen LogP contribution in [0, 0.1) is 5.82 Å². The molecule has 0 atom stereocenters. The van der Waals surface area contributed by atoms with Crippen molar-refractivity contribution in [3.63, 3.8) is 0 Å². The Labute approximate surface area is 121 Å². The van der Waals surface area contributed by atoms with Crippen LogP contribution in [-0.2, 0) is 23.2 Å². The van der Waals surface area contributed by atoms with Crippen LogP contribution in [0.2, 0.25) is 0 Å². The van der Waals surface area contributed by atoms with Crippen molar-refractivity contribution in [3.05, 3.63) is 52.7 Å². The largest absolute Gasteiger partial charge is 0.392 e. The van der Waals surface area contributed by atoms with Gasteiger partial charge in [-0.05, 0) is 34.7 Å². The van der Waals surface area contributed by atoms with Crippen LogP contribution in [0.5, 0.6) is 0 Å². The SMILES string of the molecule is CN(Cc1cccc(F)c1)S(=O)(=O)c1cc(CO)cs1. The Kier molecular flexibility index (Phi) is 4.54. The molecule has 0 aliphatic rings. The van der Waals surface area contributed by atoms with Gasteiger partial charge in [-0.2, -0.15) is 4.31 Å². The van der Waals surface area contributed by atoms with Gasteiger partial charge in [-0.15, -0.1) is 11.3 Å². The molecule has 7 heteroatoms. The maximum atomic E-state index is 13.1. The second kappa shape index (κ2) is 6.01. The van der Waals surface area contributed by atoms with E-state index in [1.54, 1.807) is 17.5 Å². The molecule has 1 aromatic heterocycles. The van der Waals surface area contributed by atoms with Crippen molar-refractivity contribution in [2.75, 3.05) is 7.05 Å². The smallest absolute Gasteiger partial charge is 0.252 e. The molecule has 20 heavy (non-hydrogen) atoms. The average molecular weight is 315 g/mol. The maximum absolute atomic E-state index is 13.1. The summed E-state index contributed by atoms with van der Waals surface area (Å²) >= 11 is 1.06. The second-order valence-corrected chi connectivity index (χ2v) is 7.51. The van der Waals surface area contributed by atoms with Gasteiger partial charge in [-0.1, -0.05) is 12.1 Å². The molecule has 0 bridgehead atoms. The van der Waals surface area contributed by atoms with Gasteiger partial charge < -0.3 is 5.11 Å². The van der Waals surface area contributed by atoms with Crippen molar-refractivity contribution in [3.8, 4) is 0 Å². The molecular formula is C13H14FNO3S2. The number of aliphatic hydroxyl groups excluding tert-OH is 1. The van der Waals surface area contributed by atoms with Crippen LogP contribution in [0.4, 0.5) is 4.39 Å². The van der Waals surface area contributed by atoms with Crippen LogP contribution >= 0.6 is 11.3 Å². The third-order valence-electron chi connectivity index (χ3n) is 2.77. The van der Waals surface area contributed by atoms with Crippen LogP contribution in [-0.4, -0.2) is 24.9 Å². The highest BCUT2D eigenvalue weighted by Crippen LogP contribution is 2.24. The fraction of sp³-hybridized carbons (Fsp3) is 0.231. The van der Waals surface area contributed by atoms with Crippen LogP contribution < -0.4 is 0 Å². The minimum atomic E-state index is -3.62. The van der Waals surface area contributed by atoms with E-state index in [0.29, 0.717) is 11.1 Å². The van der Waals surface area contributed by atoms with Gasteiger partial charge in [-0.25, -0.2) is 12.8 Å². The summed E-state index contributed by atoms with van der Waals surface area (Å²) in [7, 11) is -2.18. The van der Waals surface area contributed by atoms with Crippen LogP contribution in [0.15, 0.2) is 39.9 Å². The van der Waals surface area contributed by atoms with Crippen molar-refractivity contribution >= 4 is 21.4 Å². The standard InChI is InChI=1S/C13H14FNO3S2/c1-15(7-10-3-2-4-12(14)5-10)20(17,18)13-6-11(8-16)9-19-13/h2-6,9,16H,7-8H2,1H3. The molecule has 0 radical (unpaired) electrons. The second-order valence-electron chi connectivity index (χ2n) is 4.32. The molecule has 108 valence electrons. The zero-order valence-electron chi connectivity index (χ0n) is 10.8. The number of benzene rings is 1. The van der Waals surface area contributed by atoms with Crippen molar-refractivity contribution in [1.29, 1.82) is 0 Å². The van der Waals surface area contributed by atoms with E-state index in [1.807, 2.05) is 0 Å². The molecular weight excluding hydrogens is 301 g/mol. The lowest BCUT2D eigenvalue weighted by Gasteiger charge is -2.16. The summed E-state index contributed by atoms with van der Waals surface area (Å²) in [5.41, 5.74) is 1.14. The van der Waals surface area contributed by atoms with Gasteiger partial charge in [-0.3, -0.25) is 0 Å². The van der Waals surface area contributed by atoms with E-state index in [-0.39, 0.29) is 17.4 Å². The third-order valence-corrected chi connectivity index (χ3v) is 6.04. The zero-order valence-corrected chi connectivity index (χ0v) is 12.4. The summed E-state index contributed by atoms with van der Waals surface area (Å²) in [5.74, 6) is -0.396. The quantitative estimate of drug-likeness (QED) is 0.920. The van der Waals surface area contributed by atoms with Gasteiger partial charge in [0.25, 0.3) is 10.0 Å². The monoisotopic (exact) mass is 315 g/mol. The number of nitrogens with zero attached hydrogens (tertiary/aromatic N) is 1. The van der Waals surface area contributed by atoms with E-state index in [9.17, 15) is 12.8 Å². The van der Waals surface area contributed by atoms with E-state index in [4.69, 9.17) is 5.11 Å². The molecule has 0 saturated heterocycles. The van der Waals surface area contributed by atoms with Gasteiger partial charge in [0, 0.05) is 13.6 Å².